The van der Waals surface area contributed by atoms with Gasteiger partial charge in [-0.3, -0.25) is 4.79 Å². The summed E-state index contributed by atoms with van der Waals surface area (Å²) in [6.07, 6.45) is -3.82. The Hall–Kier alpha value is -5.61. The lowest BCUT2D eigenvalue weighted by Crippen LogP contribution is -2.39. The van der Waals surface area contributed by atoms with Crippen LogP contribution in [-0.2, 0) is 90.5 Å². The van der Waals surface area contributed by atoms with Gasteiger partial charge in [-0.25, -0.2) is 38.4 Å². The average Bonchev–Trinajstić information content (AvgIpc) is 3.57. The van der Waals surface area contributed by atoms with E-state index in [9.17, 15) is 53.4 Å². The number of unbranched alkanes of at least 4 members (excludes halogenated alkanes) is 3. The maximum absolute atomic E-state index is 13.0. The molecule has 22 nitrogen and oxygen atoms in total. The molecule has 0 amide bonds. The Labute approximate surface area is 409 Å². The zero-order chi connectivity index (χ0) is 53.2. The first-order chi connectivity index (χ1) is 32.8. The SMILES string of the molecule is CCCCC[C@H](O)/C=C/[C@@H]1[C@@H](C/C=C\CCCC(=O)OC(C)C)[C@@H](OC(=O)OC(C)C(=O)OC(C)C(=O)OC(C)C(=O)OC(C)C(=O)OC(C)C(=O)OC(C)C(=O)OC(C)C(=O)OC(C)OC)C[C@H]1O. The van der Waals surface area contributed by atoms with Crippen molar-refractivity contribution in [1.82, 2.24) is 0 Å². The summed E-state index contributed by atoms with van der Waals surface area (Å²) < 4.78 is 55.5. The van der Waals surface area contributed by atoms with Gasteiger partial charge in [0.1, 0.15) is 6.10 Å². The lowest BCUT2D eigenvalue weighted by Gasteiger charge is -2.23. The second-order valence-corrected chi connectivity index (χ2v) is 17.0. The van der Waals surface area contributed by atoms with Crippen LogP contribution in [0.3, 0.4) is 0 Å². The number of esters is 8. The van der Waals surface area contributed by atoms with Crippen LogP contribution >= 0.6 is 0 Å². The van der Waals surface area contributed by atoms with Crippen molar-refractivity contribution in [3.63, 3.8) is 0 Å². The zero-order valence-electron chi connectivity index (χ0n) is 42.3. The maximum Gasteiger partial charge on any atom is 0.509 e. The number of aliphatic hydroxyl groups is 2. The Morgan fingerprint density at radius 3 is 1.41 bits per heavy atom. The van der Waals surface area contributed by atoms with Gasteiger partial charge < -0.3 is 62.3 Å². The third-order valence-corrected chi connectivity index (χ3v) is 10.5. The second-order valence-electron chi connectivity index (χ2n) is 17.0. The predicted molar refractivity (Wildman–Crippen MR) is 242 cm³/mol. The van der Waals surface area contributed by atoms with E-state index >= 15 is 0 Å². The lowest BCUT2D eigenvalue weighted by atomic mass is 9.89. The number of carbonyl (C=O) groups is 9. The molecule has 8 unspecified atom stereocenters. The molecule has 2 N–H and O–H groups in total. The van der Waals surface area contributed by atoms with Gasteiger partial charge in [0.25, 0.3) is 0 Å². The summed E-state index contributed by atoms with van der Waals surface area (Å²) in [4.78, 5) is 113. The molecule has 22 heteroatoms. The fourth-order valence-corrected chi connectivity index (χ4v) is 6.39. The minimum atomic E-state index is -1.65. The van der Waals surface area contributed by atoms with E-state index in [4.69, 9.17) is 52.1 Å². The van der Waals surface area contributed by atoms with Gasteiger partial charge in [0, 0.05) is 31.8 Å². The van der Waals surface area contributed by atoms with Crippen molar-refractivity contribution in [2.45, 2.75) is 207 Å². The van der Waals surface area contributed by atoms with Crippen LogP contribution < -0.4 is 0 Å². The van der Waals surface area contributed by atoms with E-state index in [-0.39, 0.29) is 24.9 Å². The van der Waals surface area contributed by atoms with Gasteiger partial charge in [-0.2, -0.15) is 0 Å². The Morgan fingerprint density at radius 2 is 1.00 bits per heavy atom. The molecule has 70 heavy (non-hydrogen) atoms. The first-order valence-corrected chi connectivity index (χ1v) is 23.5. The molecule has 0 saturated heterocycles. The Bertz CT molecular complexity index is 1780. The second kappa shape index (κ2) is 32.3. The van der Waals surface area contributed by atoms with Gasteiger partial charge in [0.2, 0.25) is 0 Å². The van der Waals surface area contributed by atoms with E-state index < -0.39 is 127 Å². The number of hydrogen-bond donors (Lipinski definition) is 2. The van der Waals surface area contributed by atoms with Crippen LogP contribution in [0.5, 0.6) is 0 Å². The number of allylic oxidation sites excluding steroid dienone is 2. The van der Waals surface area contributed by atoms with E-state index in [1.54, 1.807) is 26.0 Å². The van der Waals surface area contributed by atoms with E-state index in [0.717, 1.165) is 60.8 Å². The van der Waals surface area contributed by atoms with Crippen molar-refractivity contribution in [3.05, 3.63) is 24.3 Å². The number of carbonyl (C=O) groups excluding carboxylic acids is 9. The molecule has 0 heterocycles. The third-order valence-electron chi connectivity index (χ3n) is 10.5. The standard InChI is InChI=1S/C48H74O22/c1-13-14-17-20-35(49)23-24-36-37(21-18-15-16-19-22-40(51)61-26(2)3)39(25-38(36)50)70-48(59)68-33(10)46(57)66-31(8)44(55)64-29(6)42(53)62-27(4)41(52)63-28(5)43(54)65-30(7)45(56)67-32(9)47(58)69-34(11)60-12/h15,18,23-24,26-39,49-50H,13-14,16-17,19-22,25H2,1-12H3/b18-15-,24-23+/t27?,28?,29?,30?,31?,32?,33?,34?,35-,36+,37+,38+,39-/m0/s1. The van der Waals surface area contributed by atoms with Crippen molar-refractivity contribution in [2.75, 3.05) is 7.11 Å². The first kappa shape index (κ1) is 62.4. The van der Waals surface area contributed by atoms with Crippen molar-refractivity contribution in [1.29, 1.82) is 0 Å². The van der Waals surface area contributed by atoms with Crippen molar-refractivity contribution in [2.24, 2.45) is 11.8 Å². The van der Waals surface area contributed by atoms with E-state index in [1.807, 2.05) is 12.2 Å². The van der Waals surface area contributed by atoms with Crippen LogP contribution in [0.25, 0.3) is 0 Å². The van der Waals surface area contributed by atoms with Crippen molar-refractivity contribution >= 4 is 53.9 Å². The fourth-order valence-electron chi connectivity index (χ4n) is 6.39. The highest BCUT2D eigenvalue weighted by Crippen LogP contribution is 2.39. The highest BCUT2D eigenvalue weighted by Gasteiger charge is 2.43. The third kappa shape index (κ3) is 23.8. The van der Waals surface area contributed by atoms with Gasteiger partial charge in [0.05, 0.1) is 18.3 Å². The molecule has 13 atom stereocenters. The van der Waals surface area contributed by atoms with Crippen LogP contribution in [0.2, 0.25) is 0 Å². The molecule has 0 aromatic rings. The monoisotopic (exact) mass is 1000 g/mol. The Balaban J connectivity index is 2.74. The minimum absolute atomic E-state index is 0.0305. The van der Waals surface area contributed by atoms with Crippen LogP contribution in [-0.4, -0.2) is 145 Å². The molecule has 1 saturated carbocycles. The first-order valence-electron chi connectivity index (χ1n) is 23.5. The van der Waals surface area contributed by atoms with Crippen LogP contribution in [0, 0.1) is 11.8 Å². The molecule has 1 rings (SSSR count). The lowest BCUT2D eigenvalue weighted by molar-refractivity contribution is -0.192. The normalized spacial score (nSPS) is 20.6. The molecular weight excluding hydrogens is 929 g/mol. The molecule has 0 aromatic heterocycles. The van der Waals surface area contributed by atoms with Gasteiger partial charge in [-0.15, -0.1) is 0 Å². The number of methoxy groups -OCH3 is 1. The largest absolute Gasteiger partial charge is 0.509 e. The smallest absolute Gasteiger partial charge is 0.463 e. The minimum Gasteiger partial charge on any atom is -0.463 e. The van der Waals surface area contributed by atoms with E-state index in [1.165, 1.54) is 21.0 Å². The summed E-state index contributed by atoms with van der Waals surface area (Å²) in [6, 6.07) is 0. The van der Waals surface area contributed by atoms with Gasteiger partial charge in [0.15, 0.2) is 49.0 Å². The summed E-state index contributed by atoms with van der Waals surface area (Å²) in [5.74, 6) is -9.33. The fraction of sp³-hybridized carbons (Fsp3) is 0.729. The molecule has 0 aromatic carbocycles. The van der Waals surface area contributed by atoms with Gasteiger partial charge >= 0.3 is 53.9 Å². The Kier molecular flexibility index (Phi) is 28.8. The van der Waals surface area contributed by atoms with E-state index in [2.05, 4.69) is 6.92 Å². The summed E-state index contributed by atoms with van der Waals surface area (Å²) in [5, 5.41) is 21.5. The molecule has 0 radical (unpaired) electrons. The molecule has 1 fully saturated rings. The molecule has 0 spiro atoms. The highest BCUT2D eigenvalue weighted by molar-refractivity contribution is 5.87. The maximum atomic E-state index is 13.0. The molecule has 1 aliphatic rings. The number of ether oxygens (including phenoxy) is 11. The summed E-state index contributed by atoms with van der Waals surface area (Å²) in [6.45, 7) is 15.0. The highest BCUT2D eigenvalue weighted by atomic mass is 16.7. The van der Waals surface area contributed by atoms with Crippen molar-refractivity contribution in [3.8, 4) is 0 Å². The summed E-state index contributed by atoms with van der Waals surface area (Å²) >= 11 is 0. The summed E-state index contributed by atoms with van der Waals surface area (Å²) in [7, 11) is 1.29. The molecule has 398 valence electrons. The van der Waals surface area contributed by atoms with Crippen LogP contribution in [0.15, 0.2) is 24.3 Å². The topological polar surface area (TPSA) is 296 Å². The molecular formula is C48H74O22. The molecule has 0 bridgehead atoms. The molecule has 0 aliphatic heterocycles. The molecule has 1 aliphatic carbocycles. The quantitative estimate of drug-likeness (QED) is 0.0327. The number of aliphatic hydroxyl groups excluding tert-OH is 2. The zero-order valence-corrected chi connectivity index (χ0v) is 42.3. The van der Waals surface area contributed by atoms with E-state index in [0.29, 0.717) is 25.7 Å². The van der Waals surface area contributed by atoms with Crippen LogP contribution in [0.1, 0.15) is 134 Å². The number of hydrogen-bond acceptors (Lipinski definition) is 22. The summed E-state index contributed by atoms with van der Waals surface area (Å²) in [5.41, 5.74) is 0. The number of rotatable bonds is 30. The predicted octanol–water partition coefficient (Wildman–Crippen LogP) is 4.59. The van der Waals surface area contributed by atoms with Gasteiger partial charge in [-0.05, 0) is 94.9 Å². The van der Waals surface area contributed by atoms with Crippen LogP contribution in [0.4, 0.5) is 4.79 Å². The average molecular weight is 1000 g/mol. The van der Waals surface area contributed by atoms with Gasteiger partial charge in [-0.1, -0.05) is 50.5 Å². The van der Waals surface area contributed by atoms with Crippen molar-refractivity contribution < 1.29 is 105 Å². The Morgan fingerprint density at radius 1 is 0.571 bits per heavy atom.